The fraction of sp³-hybridized carbons (Fsp3) is 0.0690. The Morgan fingerprint density at radius 1 is 0.846 bits per heavy atom. The van der Waals surface area contributed by atoms with Crippen LogP contribution in [0.3, 0.4) is 0 Å². The first-order valence-electron chi connectivity index (χ1n) is 12.0. The maximum absolute atomic E-state index is 13.6. The van der Waals surface area contributed by atoms with Crippen LogP contribution in [0.1, 0.15) is 24.1 Å². The molecule has 0 saturated carbocycles. The minimum atomic E-state index is -1.30. The average Bonchev–Trinajstić information content (AvgIpc) is 2.94. The highest BCUT2D eigenvalue weighted by Gasteiger charge is 2.43. The Labute approximate surface area is 233 Å². The van der Waals surface area contributed by atoms with E-state index >= 15 is 0 Å². The van der Waals surface area contributed by atoms with Crippen LogP contribution in [0.5, 0.6) is 0 Å². The lowest BCUT2D eigenvalue weighted by atomic mass is 9.95. The first kappa shape index (κ1) is 24.8. The van der Waals surface area contributed by atoms with Gasteiger partial charge in [-0.3, -0.25) is 9.59 Å². The Kier molecular flexibility index (Phi) is 6.34. The van der Waals surface area contributed by atoms with Crippen molar-refractivity contribution in [3.63, 3.8) is 0 Å². The molecule has 0 aliphatic carbocycles. The largest absolute Gasteiger partial charge is 0.271 e. The zero-order valence-electron chi connectivity index (χ0n) is 20.4. The fourth-order valence-electron chi connectivity index (χ4n) is 4.44. The molecule has 8 nitrogen and oxygen atoms in total. The summed E-state index contributed by atoms with van der Waals surface area (Å²) in [5, 5.41) is 16.6. The Bertz CT molecular complexity index is 1800. The van der Waals surface area contributed by atoms with Gasteiger partial charge in [0.05, 0.1) is 17.1 Å². The summed E-state index contributed by atoms with van der Waals surface area (Å²) in [6, 6.07) is 22.1. The van der Waals surface area contributed by atoms with E-state index < -0.39 is 17.7 Å². The molecule has 3 heterocycles. The molecule has 4 aromatic rings. The van der Waals surface area contributed by atoms with E-state index in [0.717, 1.165) is 21.5 Å². The zero-order chi connectivity index (χ0) is 27.1. The number of hydrogen-bond acceptors (Lipinski definition) is 6. The molecular formula is C29H18Cl2N6O2. The molecule has 190 valence electrons. The Hall–Kier alpha value is -4.53. The molecule has 39 heavy (non-hydrogen) atoms. The lowest BCUT2D eigenvalue weighted by Crippen LogP contribution is -2.46. The van der Waals surface area contributed by atoms with Crippen molar-refractivity contribution in [1.82, 2.24) is 15.2 Å². The molecule has 0 radical (unpaired) electrons. The first-order chi connectivity index (χ1) is 18.9. The van der Waals surface area contributed by atoms with Gasteiger partial charge in [0.2, 0.25) is 0 Å². The number of benzene rings is 3. The Morgan fingerprint density at radius 3 is 2.36 bits per heavy atom. The second kappa shape index (κ2) is 9.98. The topological polar surface area (TPSA) is 100 Å². The summed E-state index contributed by atoms with van der Waals surface area (Å²) in [6.07, 6.45) is 3.44. The molecule has 0 spiro atoms. The SMILES string of the molecule is CC1=NN2C(=O)C(c3nnc(-c4ccccc4)c4ccccc34)C(=O)N=C2N=C1/C=C/c1ccc(Cl)cc1Cl. The summed E-state index contributed by atoms with van der Waals surface area (Å²) < 4.78 is 0. The number of rotatable bonds is 4. The van der Waals surface area contributed by atoms with Gasteiger partial charge < -0.3 is 0 Å². The molecule has 0 fully saturated rings. The van der Waals surface area contributed by atoms with Crippen molar-refractivity contribution in [2.45, 2.75) is 12.8 Å². The van der Waals surface area contributed by atoms with Crippen LogP contribution in [0.2, 0.25) is 10.0 Å². The van der Waals surface area contributed by atoms with Gasteiger partial charge in [-0.1, -0.05) is 89.9 Å². The maximum atomic E-state index is 13.6. The molecule has 10 heteroatoms. The van der Waals surface area contributed by atoms with Crippen molar-refractivity contribution >= 4 is 69.2 Å². The van der Waals surface area contributed by atoms with Crippen molar-refractivity contribution in [2.24, 2.45) is 15.1 Å². The number of halogens is 2. The summed E-state index contributed by atoms with van der Waals surface area (Å²) in [5.74, 6) is -2.68. The van der Waals surface area contributed by atoms with Gasteiger partial charge in [-0.05, 0) is 30.7 Å². The van der Waals surface area contributed by atoms with Crippen LogP contribution in [-0.4, -0.2) is 44.4 Å². The summed E-state index contributed by atoms with van der Waals surface area (Å²) >= 11 is 12.2. The molecule has 1 aromatic heterocycles. The fourth-order valence-corrected chi connectivity index (χ4v) is 4.91. The van der Waals surface area contributed by atoms with Crippen LogP contribution in [-0.2, 0) is 9.59 Å². The van der Waals surface area contributed by atoms with E-state index in [1.54, 1.807) is 37.3 Å². The molecule has 2 aliphatic heterocycles. The van der Waals surface area contributed by atoms with Crippen LogP contribution in [0.25, 0.3) is 28.1 Å². The first-order valence-corrected chi connectivity index (χ1v) is 12.7. The summed E-state index contributed by atoms with van der Waals surface area (Å²) in [7, 11) is 0. The van der Waals surface area contributed by atoms with E-state index in [4.69, 9.17) is 23.2 Å². The van der Waals surface area contributed by atoms with Gasteiger partial charge in [-0.2, -0.15) is 20.2 Å². The summed E-state index contributed by atoms with van der Waals surface area (Å²) in [5.41, 5.74) is 3.38. The molecule has 2 aliphatic rings. The van der Waals surface area contributed by atoms with Gasteiger partial charge in [0.25, 0.3) is 17.8 Å². The van der Waals surface area contributed by atoms with Crippen LogP contribution in [0, 0.1) is 0 Å². The average molecular weight is 553 g/mol. The monoisotopic (exact) mass is 552 g/mol. The van der Waals surface area contributed by atoms with Crippen LogP contribution in [0.15, 0.2) is 94.0 Å². The second-order valence-corrected chi connectivity index (χ2v) is 9.70. The third-order valence-electron chi connectivity index (χ3n) is 6.36. The van der Waals surface area contributed by atoms with Crippen LogP contribution in [0.4, 0.5) is 0 Å². The number of hydrogen-bond donors (Lipinski definition) is 0. The van der Waals surface area contributed by atoms with Crippen molar-refractivity contribution in [2.75, 3.05) is 0 Å². The predicted octanol–water partition coefficient (Wildman–Crippen LogP) is 5.96. The molecule has 1 atom stereocenters. The molecule has 3 aromatic carbocycles. The van der Waals surface area contributed by atoms with E-state index in [9.17, 15) is 9.59 Å². The second-order valence-electron chi connectivity index (χ2n) is 8.86. The number of aliphatic imine (C=N–C) groups is 2. The summed E-state index contributed by atoms with van der Waals surface area (Å²) in [6.45, 7) is 1.71. The third-order valence-corrected chi connectivity index (χ3v) is 6.93. The van der Waals surface area contributed by atoms with E-state index in [2.05, 4.69) is 25.3 Å². The van der Waals surface area contributed by atoms with Gasteiger partial charge in [0, 0.05) is 26.4 Å². The highest BCUT2D eigenvalue weighted by Crippen LogP contribution is 2.33. The minimum absolute atomic E-state index is 0.105. The third kappa shape index (κ3) is 4.54. The number of nitrogens with zero attached hydrogens (tertiary/aromatic N) is 6. The molecule has 0 N–H and O–H groups in total. The van der Waals surface area contributed by atoms with Gasteiger partial charge in [0.1, 0.15) is 5.69 Å². The zero-order valence-corrected chi connectivity index (χ0v) is 21.9. The Morgan fingerprint density at radius 2 is 1.59 bits per heavy atom. The van der Waals surface area contributed by atoms with Crippen LogP contribution < -0.4 is 0 Å². The number of guanidine groups is 1. The smallest absolute Gasteiger partial charge is 0.269 e. The summed E-state index contributed by atoms with van der Waals surface area (Å²) in [4.78, 5) is 35.4. The molecule has 2 amide bonds. The van der Waals surface area contributed by atoms with Crippen molar-refractivity contribution in [3.8, 4) is 11.3 Å². The number of hydrazone groups is 1. The van der Waals surface area contributed by atoms with E-state index in [0.29, 0.717) is 32.5 Å². The predicted molar refractivity (Wildman–Crippen MR) is 153 cm³/mol. The van der Waals surface area contributed by atoms with Crippen molar-refractivity contribution in [3.05, 3.63) is 100 Å². The lowest BCUT2D eigenvalue weighted by molar-refractivity contribution is -0.135. The quantitative estimate of drug-likeness (QED) is 0.291. The van der Waals surface area contributed by atoms with Gasteiger partial charge >= 0.3 is 0 Å². The number of fused-ring (bicyclic) bond motifs is 2. The lowest BCUT2D eigenvalue weighted by Gasteiger charge is -2.28. The van der Waals surface area contributed by atoms with Gasteiger partial charge in [0.15, 0.2) is 5.92 Å². The number of allylic oxidation sites excluding steroid dienone is 1. The van der Waals surface area contributed by atoms with Crippen molar-refractivity contribution < 1.29 is 9.59 Å². The number of aromatic nitrogens is 2. The highest BCUT2D eigenvalue weighted by atomic mass is 35.5. The number of carbonyl (C=O) groups is 2. The number of amides is 2. The van der Waals surface area contributed by atoms with Crippen LogP contribution >= 0.6 is 23.2 Å². The maximum Gasteiger partial charge on any atom is 0.269 e. The van der Waals surface area contributed by atoms with Crippen molar-refractivity contribution in [1.29, 1.82) is 0 Å². The molecule has 6 rings (SSSR count). The standard InChI is InChI=1S/C29H18Cl2N6O2/c1-16-23(14-12-17-11-13-19(30)15-22(17)31)32-29-33-27(38)24(28(39)37(29)36-16)26-21-10-6-5-9-20(21)25(34-35-26)18-7-3-2-4-8-18/h2-15,24H,1H3/b14-12+. The molecular weight excluding hydrogens is 535 g/mol. The molecule has 0 bridgehead atoms. The minimum Gasteiger partial charge on any atom is -0.271 e. The van der Waals surface area contributed by atoms with E-state index in [-0.39, 0.29) is 11.7 Å². The highest BCUT2D eigenvalue weighted by molar-refractivity contribution is 6.49. The normalized spacial score (nSPS) is 17.3. The van der Waals surface area contributed by atoms with Gasteiger partial charge in [-0.25, -0.2) is 4.99 Å². The molecule has 1 unspecified atom stereocenters. The van der Waals surface area contributed by atoms with Gasteiger partial charge in [-0.15, -0.1) is 5.10 Å². The Balaban J connectivity index is 1.37. The van der Waals surface area contributed by atoms with E-state index in [1.807, 2.05) is 54.6 Å². The van der Waals surface area contributed by atoms with E-state index in [1.165, 1.54) is 0 Å². The number of carbonyl (C=O) groups excluding carboxylic acids is 2. The molecule has 0 saturated heterocycles.